The third-order valence-corrected chi connectivity index (χ3v) is 3.00. The zero-order chi connectivity index (χ0) is 11.5. The fourth-order valence-corrected chi connectivity index (χ4v) is 1.94. The Kier molecular flexibility index (Phi) is 3.58. The lowest BCUT2D eigenvalue weighted by Gasteiger charge is -2.09. The highest BCUT2D eigenvalue weighted by Crippen LogP contribution is 2.22. The molecule has 0 atom stereocenters. The van der Waals surface area contributed by atoms with Crippen molar-refractivity contribution >= 4 is 33.5 Å². The Morgan fingerprint density at radius 1 is 1.31 bits per heavy atom. The van der Waals surface area contributed by atoms with Gasteiger partial charge in [-0.05, 0) is 40.6 Å². The van der Waals surface area contributed by atoms with Gasteiger partial charge in [0.25, 0.3) is 0 Å². The number of rotatable bonds is 3. The number of benzene rings is 1. The molecule has 0 amide bonds. The molecule has 1 aromatic carbocycles. The van der Waals surface area contributed by atoms with Crippen LogP contribution in [0, 0.1) is 9.62 Å². The maximum absolute atomic E-state index is 5.65. The van der Waals surface area contributed by atoms with Gasteiger partial charge in [0, 0.05) is 11.5 Å². The maximum atomic E-state index is 5.65. The Morgan fingerprint density at radius 2 is 2.12 bits per heavy atom. The van der Waals surface area contributed by atoms with Gasteiger partial charge in [0.05, 0.1) is 12.1 Å². The lowest BCUT2D eigenvalue weighted by atomic mass is 10.2. The molecule has 84 valence electrons. The Morgan fingerprint density at radius 3 is 2.88 bits per heavy atom. The Balaban J connectivity index is 2.30. The number of fused-ring (bicyclic) bond motifs is 1. The molecule has 3 nitrogen and oxygen atoms in total. The molecule has 1 heterocycles. The molecule has 2 rings (SSSR count). The quantitative estimate of drug-likeness (QED) is 0.641. The average molecular weight is 328 g/mol. The van der Waals surface area contributed by atoms with Crippen molar-refractivity contribution in [1.29, 1.82) is 0 Å². The summed E-state index contributed by atoms with van der Waals surface area (Å²) in [5, 5.41) is 1.07. The van der Waals surface area contributed by atoms with Crippen LogP contribution in [0.25, 0.3) is 10.9 Å². The number of nitrogens with zero attached hydrogens (tertiary/aromatic N) is 2. The first-order valence-electron chi connectivity index (χ1n) is 5.20. The molecule has 1 aromatic heterocycles. The molecule has 4 heteroatoms. The summed E-state index contributed by atoms with van der Waals surface area (Å²) in [6, 6.07) is 5.94. The molecular formula is C12H13IN2O. The molecule has 0 bridgehead atoms. The molecule has 0 aliphatic rings. The summed E-state index contributed by atoms with van der Waals surface area (Å²) in [5.41, 5.74) is 0.931. The summed E-state index contributed by atoms with van der Waals surface area (Å²) in [6.07, 6.45) is 1.58. The van der Waals surface area contributed by atoms with Crippen molar-refractivity contribution in [3.8, 4) is 5.75 Å². The first-order chi connectivity index (χ1) is 7.66. The van der Waals surface area contributed by atoms with E-state index in [4.69, 9.17) is 4.74 Å². The van der Waals surface area contributed by atoms with Crippen molar-refractivity contribution in [2.24, 2.45) is 5.92 Å². The maximum Gasteiger partial charge on any atom is 0.121 e. The molecule has 0 unspecified atom stereocenters. The summed E-state index contributed by atoms with van der Waals surface area (Å²) in [6.45, 7) is 4.99. The molecule has 16 heavy (non-hydrogen) atoms. The van der Waals surface area contributed by atoms with Gasteiger partial charge in [-0.25, -0.2) is 9.97 Å². The largest absolute Gasteiger partial charge is 0.493 e. The van der Waals surface area contributed by atoms with Gasteiger partial charge in [-0.1, -0.05) is 13.8 Å². The zero-order valence-electron chi connectivity index (χ0n) is 9.27. The number of halogens is 1. The summed E-state index contributed by atoms with van der Waals surface area (Å²) < 4.78 is 6.62. The van der Waals surface area contributed by atoms with E-state index >= 15 is 0 Å². The van der Waals surface area contributed by atoms with Gasteiger partial charge >= 0.3 is 0 Å². The Bertz CT molecular complexity index is 499. The van der Waals surface area contributed by atoms with E-state index in [9.17, 15) is 0 Å². The van der Waals surface area contributed by atoms with Crippen LogP contribution in [-0.4, -0.2) is 16.6 Å². The second kappa shape index (κ2) is 4.95. The Hall–Kier alpha value is -0.910. The molecule has 0 aliphatic heterocycles. The van der Waals surface area contributed by atoms with E-state index in [1.807, 2.05) is 18.2 Å². The fourth-order valence-electron chi connectivity index (χ4n) is 1.36. The van der Waals surface area contributed by atoms with Crippen molar-refractivity contribution < 1.29 is 4.74 Å². The lowest BCUT2D eigenvalue weighted by Crippen LogP contribution is -2.04. The van der Waals surface area contributed by atoms with Gasteiger partial charge in [-0.2, -0.15) is 0 Å². The SMILES string of the molecule is CC(C)COc1ccc2c(I)ncnc2c1. The first-order valence-corrected chi connectivity index (χ1v) is 6.28. The Labute approximate surface area is 108 Å². The third kappa shape index (κ3) is 2.61. The van der Waals surface area contributed by atoms with Crippen LogP contribution >= 0.6 is 22.6 Å². The van der Waals surface area contributed by atoms with Crippen molar-refractivity contribution in [3.63, 3.8) is 0 Å². The smallest absolute Gasteiger partial charge is 0.121 e. The van der Waals surface area contributed by atoms with E-state index in [1.165, 1.54) is 0 Å². The van der Waals surface area contributed by atoms with E-state index < -0.39 is 0 Å². The molecule has 0 spiro atoms. The number of aromatic nitrogens is 2. The summed E-state index contributed by atoms with van der Waals surface area (Å²) in [7, 11) is 0. The molecule has 0 saturated heterocycles. The first kappa shape index (κ1) is 11.6. The normalized spacial score (nSPS) is 11.0. The minimum atomic E-state index is 0.529. The second-order valence-electron chi connectivity index (χ2n) is 4.05. The third-order valence-electron chi connectivity index (χ3n) is 2.14. The van der Waals surface area contributed by atoms with Crippen molar-refractivity contribution in [3.05, 3.63) is 28.2 Å². The van der Waals surface area contributed by atoms with Crippen LogP contribution in [0.4, 0.5) is 0 Å². The van der Waals surface area contributed by atoms with E-state index in [-0.39, 0.29) is 0 Å². The number of hydrogen-bond donors (Lipinski definition) is 0. The highest BCUT2D eigenvalue weighted by molar-refractivity contribution is 14.1. The van der Waals surface area contributed by atoms with Crippen LogP contribution in [0.1, 0.15) is 13.8 Å². The predicted molar refractivity (Wildman–Crippen MR) is 72.6 cm³/mol. The van der Waals surface area contributed by atoms with E-state index in [0.717, 1.165) is 27.0 Å². The van der Waals surface area contributed by atoms with Crippen molar-refractivity contribution in [2.75, 3.05) is 6.61 Å². The monoisotopic (exact) mass is 328 g/mol. The van der Waals surface area contributed by atoms with E-state index in [2.05, 4.69) is 46.4 Å². The average Bonchev–Trinajstić information content (AvgIpc) is 2.26. The van der Waals surface area contributed by atoms with Crippen molar-refractivity contribution in [1.82, 2.24) is 9.97 Å². The van der Waals surface area contributed by atoms with Gasteiger partial charge in [0.15, 0.2) is 0 Å². The second-order valence-corrected chi connectivity index (χ2v) is 5.07. The molecular weight excluding hydrogens is 315 g/mol. The molecule has 0 fully saturated rings. The van der Waals surface area contributed by atoms with Crippen molar-refractivity contribution in [2.45, 2.75) is 13.8 Å². The summed E-state index contributed by atoms with van der Waals surface area (Å²) >= 11 is 2.21. The molecule has 0 radical (unpaired) electrons. The molecule has 0 N–H and O–H groups in total. The van der Waals surface area contributed by atoms with Crippen LogP contribution in [0.2, 0.25) is 0 Å². The lowest BCUT2D eigenvalue weighted by molar-refractivity contribution is 0.271. The van der Waals surface area contributed by atoms with Gasteiger partial charge in [-0.15, -0.1) is 0 Å². The zero-order valence-corrected chi connectivity index (χ0v) is 11.4. The fraction of sp³-hybridized carbons (Fsp3) is 0.333. The predicted octanol–water partition coefficient (Wildman–Crippen LogP) is 3.27. The highest BCUT2D eigenvalue weighted by atomic mass is 127. The van der Waals surface area contributed by atoms with Gasteiger partial charge in [0.1, 0.15) is 15.8 Å². The number of ether oxygens (including phenoxy) is 1. The topological polar surface area (TPSA) is 35.0 Å². The van der Waals surface area contributed by atoms with Crippen LogP contribution in [0.15, 0.2) is 24.5 Å². The van der Waals surface area contributed by atoms with Crippen LogP contribution in [-0.2, 0) is 0 Å². The summed E-state index contributed by atoms with van der Waals surface area (Å²) in [4.78, 5) is 8.38. The minimum absolute atomic E-state index is 0.529. The van der Waals surface area contributed by atoms with Gasteiger partial charge in [-0.3, -0.25) is 0 Å². The molecule has 0 aliphatic carbocycles. The van der Waals surface area contributed by atoms with E-state index in [0.29, 0.717) is 5.92 Å². The van der Waals surface area contributed by atoms with Gasteiger partial charge < -0.3 is 4.74 Å². The summed E-state index contributed by atoms with van der Waals surface area (Å²) in [5.74, 6) is 1.40. The standard InChI is InChI=1S/C12H13IN2O/c1-8(2)6-16-9-3-4-10-11(5-9)14-7-15-12(10)13/h3-5,7-8H,6H2,1-2H3. The molecule has 2 aromatic rings. The van der Waals surface area contributed by atoms with Crippen LogP contribution in [0.5, 0.6) is 5.75 Å². The highest BCUT2D eigenvalue weighted by Gasteiger charge is 2.03. The minimum Gasteiger partial charge on any atom is -0.493 e. The van der Waals surface area contributed by atoms with Gasteiger partial charge in [0.2, 0.25) is 0 Å². The van der Waals surface area contributed by atoms with E-state index in [1.54, 1.807) is 6.33 Å². The number of hydrogen-bond acceptors (Lipinski definition) is 3. The molecule has 0 saturated carbocycles. The van der Waals surface area contributed by atoms with Crippen LogP contribution < -0.4 is 4.74 Å². The van der Waals surface area contributed by atoms with Crippen LogP contribution in [0.3, 0.4) is 0 Å².